The molecule has 1 unspecified atom stereocenters. The van der Waals surface area contributed by atoms with Gasteiger partial charge in [-0.3, -0.25) is 0 Å². The van der Waals surface area contributed by atoms with E-state index >= 15 is 0 Å². The molecule has 2 rings (SSSR count). The van der Waals surface area contributed by atoms with Gasteiger partial charge >= 0.3 is 12.0 Å². The highest BCUT2D eigenvalue weighted by Gasteiger charge is 2.35. The molecule has 0 aliphatic carbocycles. The Morgan fingerprint density at radius 2 is 2.12 bits per heavy atom. The van der Waals surface area contributed by atoms with Crippen molar-refractivity contribution >= 4 is 11.7 Å². The van der Waals surface area contributed by atoms with Gasteiger partial charge in [0.25, 0.3) is 0 Å². The number of esters is 1. The maximum atomic E-state index is 11.4. The molecule has 0 amide bonds. The van der Waals surface area contributed by atoms with E-state index in [2.05, 4.69) is 9.97 Å². The van der Waals surface area contributed by atoms with Crippen LogP contribution in [-0.2, 0) is 9.53 Å². The molecule has 0 saturated carbocycles. The zero-order valence-corrected chi connectivity index (χ0v) is 9.21. The lowest BCUT2D eigenvalue weighted by atomic mass is 10.0. The highest BCUT2D eigenvalue weighted by atomic mass is 16.5. The van der Waals surface area contributed by atoms with Crippen molar-refractivity contribution < 1.29 is 14.3 Å². The number of hydrogen-bond donors (Lipinski definition) is 0. The van der Waals surface area contributed by atoms with Crippen LogP contribution in [0.15, 0.2) is 12.4 Å². The van der Waals surface area contributed by atoms with Crippen LogP contribution in [0.2, 0.25) is 0 Å². The van der Waals surface area contributed by atoms with Gasteiger partial charge in [-0.15, -0.1) is 0 Å². The molecule has 0 N–H and O–H groups in total. The highest BCUT2D eigenvalue weighted by Crippen LogP contribution is 2.26. The average molecular weight is 223 g/mol. The van der Waals surface area contributed by atoms with Crippen LogP contribution in [0.3, 0.4) is 0 Å². The zero-order chi connectivity index (χ0) is 11.5. The number of carbonyl (C=O) groups excluding carboxylic acids is 1. The van der Waals surface area contributed by atoms with Crippen LogP contribution in [0, 0.1) is 0 Å². The van der Waals surface area contributed by atoms with Gasteiger partial charge in [0.2, 0.25) is 0 Å². The molecule has 1 aliphatic rings. The smallest absolute Gasteiger partial charge is 0.328 e. The summed E-state index contributed by atoms with van der Waals surface area (Å²) in [5, 5.41) is 0. The Kier molecular flexibility index (Phi) is 2.89. The first kappa shape index (κ1) is 10.7. The zero-order valence-electron chi connectivity index (χ0n) is 9.21. The van der Waals surface area contributed by atoms with Crippen molar-refractivity contribution in [3.05, 3.63) is 12.4 Å². The third-order valence-corrected chi connectivity index (χ3v) is 2.62. The molecule has 1 atom stereocenters. The molecule has 1 fully saturated rings. The quantitative estimate of drug-likeness (QED) is 0.684. The first-order chi connectivity index (χ1) is 7.76. The van der Waals surface area contributed by atoms with Crippen molar-refractivity contribution in [2.45, 2.75) is 12.5 Å². The summed E-state index contributed by atoms with van der Waals surface area (Å²) in [7, 11) is 2.90. The number of carbonyl (C=O) groups is 1. The summed E-state index contributed by atoms with van der Waals surface area (Å²) in [5.74, 6) is -0.220. The van der Waals surface area contributed by atoms with Crippen molar-refractivity contribution in [2.75, 3.05) is 25.7 Å². The van der Waals surface area contributed by atoms with Gasteiger partial charge in [-0.1, -0.05) is 0 Å². The molecule has 0 spiro atoms. The summed E-state index contributed by atoms with van der Waals surface area (Å²) in [4.78, 5) is 21.3. The van der Waals surface area contributed by atoms with Crippen LogP contribution in [0.5, 0.6) is 6.01 Å². The second-order valence-corrected chi connectivity index (χ2v) is 3.45. The van der Waals surface area contributed by atoms with Crippen molar-refractivity contribution in [3.63, 3.8) is 0 Å². The Balaban J connectivity index is 2.09. The monoisotopic (exact) mass is 223 g/mol. The SMILES string of the molecule is COC(=O)C1CCN1c1cnc(OC)nc1. The van der Waals surface area contributed by atoms with Gasteiger partial charge in [-0.05, 0) is 6.42 Å². The Hall–Kier alpha value is -1.85. The molecule has 1 aromatic heterocycles. The van der Waals surface area contributed by atoms with E-state index < -0.39 is 0 Å². The second kappa shape index (κ2) is 4.34. The van der Waals surface area contributed by atoms with Crippen LogP contribution in [0.4, 0.5) is 5.69 Å². The topological polar surface area (TPSA) is 64.5 Å². The molecule has 6 heteroatoms. The van der Waals surface area contributed by atoms with Gasteiger partial charge in [-0.2, -0.15) is 0 Å². The first-order valence-corrected chi connectivity index (χ1v) is 4.96. The second-order valence-electron chi connectivity index (χ2n) is 3.45. The maximum Gasteiger partial charge on any atom is 0.328 e. The fourth-order valence-electron chi connectivity index (χ4n) is 1.64. The van der Waals surface area contributed by atoms with Crippen molar-refractivity contribution in [2.24, 2.45) is 0 Å². The number of rotatable bonds is 3. The fraction of sp³-hybridized carbons (Fsp3) is 0.500. The molecule has 6 nitrogen and oxygen atoms in total. The Bertz CT molecular complexity index is 379. The maximum absolute atomic E-state index is 11.4. The summed E-state index contributed by atoms with van der Waals surface area (Å²) in [5.41, 5.74) is 0.808. The van der Waals surface area contributed by atoms with Crippen molar-refractivity contribution in [1.82, 2.24) is 9.97 Å². The molecule has 1 aliphatic heterocycles. The molecule has 1 aromatic rings. The van der Waals surface area contributed by atoms with Gasteiger partial charge in [0, 0.05) is 6.54 Å². The van der Waals surface area contributed by atoms with E-state index in [1.165, 1.54) is 14.2 Å². The standard InChI is InChI=1S/C10H13N3O3/c1-15-9(14)8-3-4-13(8)7-5-11-10(16-2)12-6-7/h5-6,8H,3-4H2,1-2H3. The number of ether oxygens (including phenoxy) is 2. The van der Waals surface area contributed by atoms with Crippen LogP contribution in [0.25, 0.3) is 0 Å². The lowest BCUT2D eigenvalue weighted by molar-refractivity contribution is -0.143. The largest absolute Gasteiger partial charge is 0.467 e. The van der Waals surface area contributed by atoms with Crippen LogP contribution < -0.4 is 9.64 Å². The van der Waals surface area contributed by atoms with E-state index in [4.69, 9.17) is 9.47 Å². The summed E-state index contributed by atoms with van der Waals surface area (Å²) in [6.45, 7) is 0.815. The Morgan fingerprint density at radius 3 is 2.56 bits per heavy atom. The minimum Gasteiger partial charge on any atom is -0.467 e. The van der Waals surface area contributed by atoms with Crippen LogP contribution in [-0.4, -0.2) is 42.7 Å². The number of hydrogen-bond acceptors (Lipinski definition) is 6. The predicted molar refractivity (Wildman–Crippen MR) is 56.4 cm³/mol. The van der Waals surface area contributed by atoms with Crippen molar-refractivity contribution in [1.29, 1.82) is 0 Å². The predicted octanol–water partition coefficient (Wildman–Crippen LogP) is 0.237. The van der Waals surface area contributed by atoms with E-state index in [0.29, 0.717) is 6.01 Å². The van der Waals surface area contributed by atoms with Gasteiger partial charge in [0.15, 0.2) is 0 Å². The number of methoxy groups -OCH3 is 2. The molecular formula is C10H13N3O3. The fourth-order valence-corrected chi connectivity index (χ4v) is 1.64. The van der Waals surface area contributed by atoms with E-state index in [1.54, 1.807) is 12.4 Å². The van der Waals surface area contributed by atoms with Gasteiger partial charge in [0.05, 0.1) is 32.3 Å². The normalized spacial score (nSPS) is 18.9. The highest BCUT2D eigenvalue weighted by molar-refractivity contribution is 5.81. The minimum absolute atomic E-state index is 0.206. The van der Waals surface area contributed by atoms with Gasteiger partial charge < -0.3 is 14.4 Å². The van der Waals surface area contributed by atoms with E-state index in [9.17, 15) is 4.79 Å². The Labute approximate surface area is 93.2 Å². The molecule has 0 bridgehead atoms. The molecule has 16 heavy (non-hydrogen) atoms. The third-order valence-electron chi connectivity index (χ3n) is 2.62. The number of anilines is 1. The summed E-state index contributed by atoms with van der Waals surface area (Å²) < 4.78 is 9.57. The van der Waals surface area contributed by atoms with E-state index in [1.807, 2.05) is 4.90 Å². The number of nitrogens with zero attached hydrogens (tertiary/aromatic N) is 3. The average Bonchev–Trinajstić information content (AvgIpc) is 2.28. The summed E-state index contributed by atoms with van der Waals surface area (Å²) in [6.07, 6.45) is 4.08. The first-order valence-electron chi connectivity index (χ1n) is 4.96. The lowest BCUT2D eigenvalue weighted by Gasteiger charge is -2.40. The molecule has 0 radical (unpaired) electrons. The molecular weight excluding hydrogens is 210 g/mol. The molecule has 0 aromatic carbocycles. The molecule has 2 heterocycles. The lowest BCUT2D eigenvalue weighted by Crippen LogP contribution is -2.53. The Morgan fingerprint density at radius 1 is 1.44 bits per heavy atom. The van der Waals surface area contributed by atoms with E-state index in [0.717, 1.165) is 18.7 Å². The third kappa shape index (κ3) is 1.78. The van der Waals surface area contributed by atoms with Gasteiger partial charge in [0.1, 0.15) is 6.04 Å². The molecule has 1 saturated heterocycles. The molecule has 86 valence electrons. The van der Waals surface area contributed by atoms with E-state index in [-0.39, 0.29) is 12.0 Å². The summed E-state index contributed by atoms with van der Waals surface area (Å²) >= 11 is 0. The van der Waals surface area contributed by atoms with Crippen molar-refractivity contribution in [3.8, 4) is 6.01 Å². The summed E-state index contributed by atoms with van der Waals surface area (Å²) in [6, 6.07) is 0.112. The van der Waals surface area contributed by atoms with Gasteiger partial charge in [-0.25, -0.2) is 14.8 Å². The van der Waals surface area contributed by atoms with Crippen LogP contribution in [0.1, 0.15) is 6.42 Å². The number of aromatic nitrogens is 2. The minimum atomic E-state index is -0.220. The van der Waals surface area contributed by atoms with Crippen LogP contribution >= 0.6 is 0 Å².